The minimum Gasteiger partial charge on any atom is -0.320 e. The van der Waals surface area contributed by atoms with Crippen LogP contribution in [0.2, 0.25) is 0 Å². The molecule has 1 heterocycles. The maximum Gasteiger partial charge on any atom is 0.148 e. The zero-order valence-electron chi connectivity index (χ0n) is 9.73. The molecule has 0 fully saturated rings. The van der Waals surface area contributed by atoms with Crippen LogP contribution in [0.1, 0.15) is 12.1 Å². The van der Waals surface area contributed by atoms with Crippen LogP contribution in [0.25, 0.3) is 5.69 Å². The van der Waals surface area contributed by atoms with Crippen LogP contribution < -0.4 is 5.32 Å². The van der Waals surface area contributed by atoms with Crippen LogP contribution in [0.5, 0.6) is 0 Å². The van der Waals surface area contributed by atoms with E-state index in [2.05, 4.69) is 15.6 Å². The van der Waals surface area contributed by atoms with Crippen LogP contribution in [0, 0.1) is 5.82 Å². The second-order valence-corrected chi connectivity index (χ2v) is 3.81. The van der Waals surface area contributed by atoms with Crippen LogP contribution in [0.15, 0.2) is 30.5 Å². The van der Waals surface area contributed by atoms with Crippen molar-refractivity contribution in [2.45, 2.75) is 12.8 Å². The Kier molecular flexibility index (Phi) is 3.82. The highest BCUT2D eigenvalue weighted by molar-refractivity contribution is 5.32. The highest BCUT2D eigenvalue weighted by Gasteiger charge is 2.06. The molecule has 0 aliphatic heterocycles. The zero-order valence-corrected chi connectivity index (χ0v) is 9.73. The van der Waals surface area contributed by atoms with Gasteiger partial charge in [0.05, 0.1) is 11.9 Å². The first kappa shape index (κ1) is 11.7. The van der Waals surface area contributed by atoms with Crippen LogP contribution in [-0.2, 0) is 6.42 Å². The fraction of sp³-hybridized carbons (Fsp3) is 0.333. The topological polar surface area (TPSA) is 42.7 Å². The molecule has 0 saturated heterocycles. The highest BCUT2D eigenvalue weighted by Crippen LogP contribution is 2.11. The fourth-order valence-corrected chi connectivity index (χ4v) is 1.61. The fourth-order valence-electron chi connectivity index (χ4n) is 1.61. The Bertz CT molecular complexity index is 481. The van der Waals surface area contributed by atoms with Crippen molar-refractivity contribution in [3.8, 4) is 5.69 Å². The number of hydrogen-bond donors (Lipinski definition) is 1. The van der Waals surface area contributed by atoms with Crippen LogP contribution in [0.3, 0.4) is 0 Å². The number of hydrogen-bond acceptors (Lipinski definition) is 3. The van der Waals surface area contributed by atoms with Gasteiger partial charge in [-0.15, -0.1) is 5.10 Å². The lowest BCUT2D eigenvalue weighted by Gasteiger charge is -2.00. The third kappa shape index (κ3) is 2.88. The van der Waals surface area contributed by atoms with Gasteiger partial charge in [0.15, 0.2) is 0 Å². The third-order valence-corrected chi connectivity index (χ3v) is 2.50. The molecule has 17 heavy (non-hydrogen) atoms. The third-order valence-electron chi connectivity index (χ3n) is 2.50. The monoisotopic (exact) mass is 234 g/mol. The van der Waals surface area contributed by atoms with Crippen LogP contribution in [-0.4, -0.2) is 28.6 Å². The zero-order chi connectivity index (χ0) is 12.1. The van der Waals surface area contributed by atoms with E-state index in [0.717, 1.165) is 25.1 Å². The van der Waals surface area contributed by atoms with Gasteiger partial charge in [0.1, 0.15) is 11.5 Å². The molecule has 90 valence electrons. The Morgan fingerprint density at radius 1 is 1.35 bits per heavy atom. The van der Waals surface area contributed by atoms with E-state index >= 15 is 0 Å². The largest absolute Gasteiger partial charge is 0.320 e. The molecule has 0 radical (unpaired) electrons. The van der Waals surface area contributed by atoms with E-state index in [1.165, 1.54) is 10.7 Å². The summed E-state index contributed by atoms with van der Waals surface area (Å²) >= 11 is 0. The lowest BCUT2D eigenvalue weighted by atomic mass is 10.2. The summed E-state index contributed by atoms with van der Waals surface area (Å²) in [6, 6.07) is 6.53. The van der Waals surface area contributed by atoms with Crippen molar-refractivity contribution in [1.82, 2.24) is 20.3 Å². The maximum absolute atomic E-state index is 13.5. The number of aryl methyl sites for hydroxylation is 1. The number of para-hydroxylation sites is 1. The number of rotatable bonds is 5. The molecule has 0 aliphatic rings. The average Bonchev–Trinajstić information content (AvgIpc) is 2.79. The van der Waals surface area contributed by atoms with Gasteiger partial charge >= 0.3 is 0 Å². The molecule has 1 N–H and O–H groups in total. The van der Waals surface area contributed by atoms with Crippen LogP contribution in [0.4, 0.5) is 4.39 Å². The van der Waals surface area contributed by atoms with Crippen molar-refractivity contribution in [1.29, 1.82) is 0 Å². The first-order valence-electron chi connectivity index (χ1n) is 5.62. The molecule has 5 heteroatoms. The number of halogens is 1. The van der Waals surface area contributed by atoms with Crippen molar-refractivity contribution in [2.75, 3.05) is 13.6 Å². The molecule has 0 atom stereocenters. The van der Waals surface area contributed by atoms with Crippen molar-refractivity contribution in [3.05, 3.63) is 42.0 Å². The smallest absolute Gasteiger partial charge is 0.148 e. The first-order valence-corrected chi connectivity index (χ1v) is 5.62. The quantitative estimate of drug-likeness (QED) is 0.798. The van der Waals surface area contributed by atoms with E-state index in [1.54, 1.807) is 24.4 Å². The van der Waals surface area contributed by atoms with Crippen molar-refractivity contribution in [3.63, 3.8) is 0 Å². The lowest BCUT2D eigenvalue weighted by Crippen LogP contribution is -2.08. The summed E-state index contributed by atoms with van der Waals surface area (Å²) in [5.41, 5.74) is 1.31. The number of aromatic nitrogens is 3. The standard InChI is InChI=1S/C12H15FN4/c1-14-8-4-5-10-9-17(16-15-10)12-7-3-2-6-11(12)13/h2-3,6-7,9,14H,4-5,8H2,1H3. The molecule has 0 spiro atoms. The Hall–Kier alpha value is -1.75. The molecule has 0 unspecified atom stereocenters. The van der Waals surface area contributed by atoms with Gasteiger partial charge in [-0.1, -0.05) is 17.3 Å². The van der Waals surface area contributed by atoms with E-state index in [-0.39, 0.29) is 5.82 Å². The predicted molar refractivity (Wildman–Crippen MR) is 63.6 cm³/mol. The molecule has 0 bridgehead atoms. The van der Waals surface area contributed by atoms with Gasteiger partial charge in [-0.25, -0.2) is 9.07 Å². The summed E-state index contributed by atoms with van der Waals surface area (Å²) in [6.07, 6.45) is 3.61. The molecular formula is C12H15FN4. The summed E-state index contributed by atoms with van der Waals surface area (Å²) in [4.78, 5) is 0. The average molecular weight is 234 g/mol. The maximum atomic E-state index is 13.5. The van der Waals surface area contributed by atoms with Crippen molar-refractivity contribution >= 4 is 0 Å². The van der Waals surface area contributed by atoms with E-state index in [0.29, 0.717) is 5.69 Å². The molecular weight excluding hydrogens is 219 g/mol. The van der Waals surface area contributed by atoms with Crippen molar-refractivity contribution < 1.29 is 4.39 Å². The predicted octanol–water partition coefficient (Wildman–Crippen LogP) is 1.56. The molecule has 1 aromatic heterocycles. The highest BCUT2D eigenvalue weighted by atomic mass is 19.1. The minimum absolute atomic E-state index is 0.292. The number of nitrogens with one attached hydrogen (secondary N) is 1. The number of nitrogens with zero attached hydrogens (tertiary/aromatic N) is 3. The second-order valence-electron chi connectivity index (χ2n) is 3.81. The summed E-state index contributed by atoms with van der Waals surface area (Å²) in [5, 5.41) is 11.0. The number of benzene rings is 1. The summed E-state index contributed by atoms with van der Waals surface area (Å²) in [6.45, 7) is 0.937. The van der Waals surface area contributed by atoms with Gasteiger partial charge in [-0.3, -0.25) is 0 Å². The van der Waals surface area contributed by atoms with Gasteiger partial charge in [0.2, 0.25) is 0 Å². The Labute approximate surface area is 99.5 Å². The molecule has 0 saturated carbocycles. The minimum atomic E-state index is -0.292. The van der Waals surface area contributed by atoms with Gasteiger partial charge in [-0.2, -0.15) is 0 Å². The molecule has 0 amide bonds. The molecule has 0 aliphatic carbocycles. The normalized spacial score (nSPS) is 10.7. The first-order chi connectivity index (χ1) is 8.31. The van der Waals surface area contributed by atoms with Gasteiger partial charge < -0.3 is 5.32 Å². The van der Waals surface area contributed by atoms with Gasteiger partial charge in [-0.05, 0) is 38.6 Å². The lowest BCUT2D eigenvalue weighted by molar-refractivity contribution is 0.607. The summed E-state index contributed by atoms with van der Waals surface area (Å²) in [5.74, 6) is -0.292. The molecule has 1 aromatic carbocycles. The van der Waals surface area contributed by atoms with E-state index in [1.807, 2.05) is 7.05 Å². The van der Waals surface area contributed by atoms with Gasteiger partial charge in [0.25, 0.3) is 0 Å². The van der Waals surface area contributed by atoms with E-state index in [9.17, 15) is 4.39 Å². The molecule has 2 rings (SSSR count). The summed E-state index contributed by atoms with van der Waals surface area (Å²) < 4.78 is 15.0. The van der Waals surface area contributed by atoms with E-state index < -0.39 is 0 Å². The molecule has 4 nitrogen and oxygen atoms in total. The Morgan fingerprint density at radius 3 is 2.94 bits per heavy atom. The van der Waals surface area contributed by atoms with Crippen molar-refractivity contribution in [2.24, 2.45) is 0 Å². The Balaban J connectivity index is 2.10. The summed E-state index contributed by atoms with van der Waals surface area (Å²) in [7, 11) is 1.91. The SMILES string of the molecule is CNCCCc1cn(-c2ccccc2F)nn1. The second kappa shape index (κ2) is 5.54. The van der Waals surface area contributed by atoms with E-state index in [4.69, 9.17) is 0 Å². The van der Waals surface area contributed by atoms with Gasteiger partial charge in [0, 0.05) is 0 Å². The Morgan fingerprint density at radius 2 is 2.18 bits per heavy atom. The molecule has 2 aromatic rings. The van der Waals surface area contributed by atoms with Crippen LogP contribution >= 0.6 is 0 Å².